The van der Waals surface area contributed by atoms with Crippen LogP contribution < -0.4 is 0 Å². The summed E-state index contributed by atoms with van der Waals surface area (Å²) in [4.78, 5) is 10.8. The van der Waals surface area contributed by atoms with Crippen LogP contribution in [0.1, 0.15) is 65.7 Å². The summed E-state index contributed by atoms with van der Waals surface area (Å²) in [5.41, 5.74) is 3.95. The number of rotatable bonds is 9. The van der Waals surface area contributed by atoms with Crippen molar-refractivity contribution in [2.45, 2.75) is 65.7 Å². The van der Waals surface area contributed by atoms with E-state index < -0.39 is 0 Å². The maximum Gasteiger partial charge on any atom is 0.153 e. The fourth-order valence-corrected chi connectivity index (χ4v) is 1.51. The van der Waals surface area contributed by atoms with Crippen LogP contribution in [-0.4, -0.2) is 6.29 Å². The average molecular weight is 222 g/mol. The molecule has 0 bridgehead atoms. The zero-order chi connectivity index (χ0) is 12.2. The molecule has 92 valence electrons. The Bertz CT molecular complexity index is 232. The summed E-state index contributed by atoms with van der Waals surface area (Å²) in [6.45, 7) is 6.55. The molecule has 0 unspecified atom stereocenters. The van der Waals surface area contributed by atoms with Gasteiger partial charge in [-0.1, -0.05) is 46.5 Å². The van der Waals surface area contributed by atoms with Gasteiger partial charge in [-0.15, -0.1) is 5.73 Å². The highest BCUT2D eigenvalue weighted by Gasteiger charge is 1.95. The fourth-order valence-electron chi connectivity index (χ4n) is 1.51. The highest BCUT2D eigenvalue weighted by molar-refractivity contribution is 5.72. The Kier molecular flexibility index (Phi) is 10.2. The van der Waals surface area contributed by atoms with Crippen molar-refractivity contribution < 1.29 is 4.79 Å². The van der Waals surface area contributed by atoms with Crippen molar-refractivity contribution in [2.24, 2.45) is 5.92 Å². The normalized spacial score (nSPS) is 10.0. The Morgan fingerprint density at radius 2 is 1.88 bits per heavy atom. The zero-order valence-electron chi connectivity index (χ0n) is 11.1. The lowest BCUT2D eigenvalue weighted by molar-refractivity contribution is -0.105. The van der Waals surface area contributed by atoms with Gasteiger partial charge in [0.25, 0.3) is 0 Å². The Morgan fingerprint density at radius 3 is 2.44 bits per heavy atom. The van der Waals surface area contributed by atoms with Gasteiger partial charge >= 0.3 is 0 Å². The largest absolute Gasteiger partial charge is 0.298 e. The first-order chi connectivity index (χ1) is 7.70. The molecule has 0 atom stereocenters. The summed E-state index contributed by atoms with van der Waals surface area (Å²) < 4.78 is 0. The number of hydrogen-bond donors (Lipinski definition) is 0. The molecule has 0 heterocycles. The van der Waals surface area contributed by atoms with Crippen molar-refractivity contribution in [3.63, 3.8) is 0 Å². The predicted octanol–water partition coefficient (Wildman–Crippen LogP) is 4.67. The van der Waals surface area contributed by atoms with Crippen molar-refractivity contribution >= 4 is 6.29 Å². The van der Waals surface area contributed by atoms with Gasteiger partial charge in [-0.2, -0.15) is 0 Å². The lowest BCUT2D eigenvalue weighted by atomic mass is 10.1. The van der Waals surface area contributed by atoms with Gasteiger partial charge in [-0.05, 0) is 31.3 Å². The minimum atomic E-state index is 0.643. The minimum absolute atomic E-state index is 0.643. The molecule has 0 aromatic heterocycles. The van der Waals surface area contributed by atoms with Crippen molar-refractivity contribution in [2.75, 3.05) is 0 Å². The molecule has 1 nitrogen and oxygen atoms in total. The monoisotopic (exact) mass is 222 g/mol. The molecule has 0 aromatic carbocycles. The lowest BCUT2D eigenvalue weighted by Crippen LogP contribution is -1.86. The van der Waals surface area contributed by atoms with Gasteiger partial charge in [-0.25, -0.2) is 0 Å². The van der Waals surface area contributed by atoms with Gasteiger partial charge in [0.2, 0.25) is 0 Å². The smallest absolute Gasteiger partial charge is 0.153 e. The first-order valence-electron chi connectivity index (χ1n) is 6.59. The summed E-state index contributed by atoms with van der Waals surface area (Å²) in [5, 5.41) is 0. The molecule has 0 saturated heterocycles. The highest BCUT2D eigenvalue weighted by atomic mass is 16.1. The molecular weight excluding hydrogens is 196 g/mol. The summed E-state index contributed by atoms with van der Waals surface area (Å²) in [5.74, 6) is 0.643. The number of aldehydes is 1. The van der Waals surface area contributed by atoms with E-state index in [1.807, 2.05) is 6.08 Å². The number of carbonyl (C=O) groups is 1. The molecule has 0 N–H and O–H groups in total. The van der Waals surface area contributed by atoms with E-state index in [0.29, 0.717) is 5.92 Å². The molecule has 0 aromatic rings. The highest BCUT2D eigenvalue weighted by Crippen LogP contribution is 2.09. The summed E-state index contributed by atoms with van der Waals surface area (Å²) >= 11 is 0. The van der Waals surface area contributed by atoms with Crippen molar-refractivity contribution in [1.82, 2.24) is 0 Å². The quantitative estimate of drug-likeness (QED) is 0.240. The van der Waals surface area contributed by atoms with E-state index in [4.69, 9.17) is 0 Å². The van der Waals surface area contributed by atoms with E-state index in [2.05, 4.69) is 26.5 Å². The zero-order valence-corrected chi connectivity index (χ0v) is 11.1. The number of hydrogen-bond acceptors (Lipinski definition) is 1. The molecule has 0 aliphatic carbocycles. The molecule has 0 radical (unpaired) electrons. The van der Waals surface area contributed by atoms with Crippen molar-refractivity contribution in [3.8, 4) is 0 Å². The molecule has 16 heavy (non-hydrogen) atoms. The van der Waals surface area contributed by atoms with Crippen LogP contribution in [0.3, 0.4) is 0 Å². The third-order valence-corrected chi connectivity index (χ3v) is 2.57. The summed E-state index contributed by atoms with van der Waals surface area (Å²) in [7, 11) is 0. The standard InChI is InChI=1S/C15H26O/c1-4-5-6-7-8-11-15(13-16)12-9-10-14(2)3/h9,13-14H,4-8,10-11H2,1-3H3. The van der Waals surface area contributed by atoms with Crippen LogP contribution in [0.2, 0.25) is 0 Å². The topological polar surface area (TPSA) is 17.1 Å². The second-order valence-electron chi connectivity index (χ2n) is 4.79. The minimum Gasteiger partial charge on any atom is -0.298 e. The Labute approximate surface area is 101 Å². The lowest BCUT2D eigenvalue weighted by Gasteiger charge is -1.98. The van der Waals surface area contributed by atoms with E-state index in [1.54, 1.807) is 0 Å². The fraction of sp³-hybridized carbons (Fsp3) is 0.733. The molecule has 0 amide bonds. The van der Waals surface area contributed by atoms with Crippen molar-refractivity contribution in [3.05, 3.63) is 17.4 Å². The Balaban J connectivity index is 3.82. The number of allylic oxidation sites excluding steroid dienone is 1. The van der Waals surface area contributed by atoms with E-state index in [1.165, 1.54) is 25.7 Å². The third-order valence-electron chi connectivity index (χ3n) is 2.57. The van der Waals surface area contributed by atoms with Gasteiger partial charge in [0.1, 0.15) is 0 Å². The molecule has 0 aliphatic rings. The van der Waals surface area contributed by atoms with Gasteiger partial charge in [0.05, 0.1) is 0 Å². The summed E-state index contributed by atoms with van der Waals surface area (Å²) in [6, 6.07) is 0. The van der Waals surface area contributed by atoms with E-state index in [9.17, 15) is 4.79 Å². The van der Waals surface area contributed by atoms with Crippen LogP contribution in [0.5, 0.6) is 0 Å². The van der Waals surface area contributed by atoms with Gasteiger partial charge in [-0.3, -0.25) is 4.79 Å². The average Bonchev–Trinajstić information content (AvgIpc) is 2.26. The van der Waals surface area contributed by atoms with Crippen LogP contribution in [0.4, 0.5) is 0 Å². The van der Waals surface area contributed by atoms with E-state index >= 15 is 0 Å². The SMILES string of the molecule is CCCCCCCC(=C=CCC(C)C)C=O. The van der Waals surface area contributed by atoms with Crippen molar-refractivity contribution in [1.29, 1.82) is 0 Å². The van der Waals surface area contributed by atoms with E-state index in [-0.39, 0.29) is 0 Å². The molecule has 0 spiro atoms. The Morgan fingerprint density at radius 1 is 1.19 bits per heavy atom. The number of unbranched alkanes of at least 4 members (excludes halogenated alkanes) is 4. The molecular formula is C15H26O. The summed E-state index contributed by atoms with van der Waals surface area (Å²) in [6.07, 6.45) is 11.1. The molecule has 0 saturated carbocycles. The van der Waals surface area contributed by atoms with Crippen LogP contribution >= 0.6 is 0 Å². The maximum atomic E-state index is 10.8. The molecule has 0 rings (SSSR count). The van der Waals surface area contributed by atoms with E-state index in [0.717, 1.165) is 31.1 Å². The Hall–Kier alpha value is -0.810. The number of carbonyl (C=O) groups excluding carboxylic acids is 1. The first-order valence-corrected chi connectivity index (χ1v) is 6.59. The van der Waals surface area contributed by atoms with Gasteiger partial charge in [0.15, 0.2) is 6.29 Å². The predicted molar refractivity (Wildman–Crippen MR) is 70.5 cm³/mol. The second kappa shape index (κ2) is 10.7. The van der Waals surface area contributed by atoms with Crippen LogP contribution in [0.25, 0.3) is 0 Å². The van der Waals surface area contributed by atoms with Crippen LogP contribution in [0, 0.1) is 5.92 Å². The molecule has 0 fully saturated rings. The third kappa shape index (κ3) is 9.73. The van der Waals surface area contributed by atoms with Gasteiger partial charge < -0.3 is 0 Å². The van der Waals surface area contributed by atoms with Gasteiger partial charge in [0, 0.05) is 5.57 Å². The van der Waals surface area contributed by atoms with Crippen LogP contribution in [-0.2, 0) is 4.79 Å². The maximum absolute atomic E-state index is 10.8. The van der Waals surface area contributed by atoms with Crippen LogP contribution in [0.15, 0.2) is 17.4 Å². The second-order valence-corrected chi connectivity index (χ2v) is 4.79. The molecule has 0 aliphatic heterocycles. The molecule has 1 heteroatoms. The first kappa shape index (κ1) is 15.2.